The molecule has 1 aromatic heterocycles. The van der Waals surface area contributed by atoms with Crippen LogP contribution in [0.3, 0.4) is 0 Å². The fourth-order valence-corrected chi connectivity index (χ4v) is 7.40. The monoisotopic (exact) mass is 664 g/mol. The smallest absolute Gasteiger partial charge is 0.0541 e. The summed E-state index contributed by atoms with van der Waals surface area (Å²) in [6.45, 7) is 0. The molecule has 0 atom stereocenters. The van der Waals surface area contributed by atoms with Crippen LogP contribution >= 0.6 is 15.9 Å². The third-order valence-corrected chi connectivity index (χ3v) is 9.69. The highest BCUT2D eigenvalue weighted by Gasteiger charge is 2.17. The average molecular weight is 666 g/mol. The molecule has 47 heavy (non-hydrogen) atoms. The van der Waals surface area contributed by atoms with Crippen molar-refractivity contribution in [3.05, 3.63) is 180 Å². The normalized spacial score (nSPS) is 11.5. The summed E-state index contributed by atoms with van der Waals surface area (Å²) in [5, 5.41) is 7.46. The lowest BCUT2D eigenvalue weighted by Gasteiger charge is -2.27. The maximum atomic E-state index is 3.64. The van der Waals surface area contributed by atoms with Gasteiger partial charge < -0.3 is 9.47 Å². The van der Waals surface area contributed by atoms with E-state index in [2.05, 4.69) is 201 Å². The third-order valence-electron chi connectivity index (χ3n) is 9.20. The molecular formula is C44H29BrN2. The molecule has 1 heterocycles. The standard InChI is InChI=1S/C44H29BrN2/c45-34-21-25-39-32(27-34)17-18-33-28-38(24-26-40(33)39)46(35-22-19-31(20-23-35)30-9-2-1-3-10-30)36-11-8-12-37(29-36)47-43-15-6-4-13-41(43)42-14-5-7-16-44(42)47/h1-29H. The highest BCUT2D eigenvalue weighted by Crippen LogP contribution is 2.40. The molecule has 2 nitrogen and oxygen atoms in total. The first-order valence-electron chi connectivity index (χ1n) is 15.9. The highest BCUT2D eigenvalue weighted by atomic mass is 79.9. The van der Waals surface area contributed by atoms with E-state index in [1.807, 2.05) is 0 Å². The number of para-hydroxylation sites is 2. The molecule has 0 aliphatic carbocycles. The summed E-state index contributed by atoms with van der Waals surface area (Å²) in [4.78, 5) is 2.37. The number of nitrogens with zero attached hydrogens (tertiary/aromatic N) is 2. The molecule has 0 fully saturated rings. The van der Waals surface area contributed by atoms with Crippen LogP contribution in [0.2, 0.25) is 0 Å². The number of anilines is 3. The second kappa shape index (κ2) is 11.3. The number of halogens is 1. The molecule has 222 valence electrons. The van der Waals surface area contributed by atoms with E-state index >= 15 is 0 Å². The minimum atomic E-state index is 1.09. The number of hydrogen-bond acceptors (Lipinski definition) is 1. The van der Waals surface area contributed by atoms with E-state index in [0.717, 1.165) is 27.2 Å². The maximum absolute atomic E-state index is 3.64. The molecule has 0 spiro atoms. The SMILES string of the molecule is Brc1ccc2c(ccc3cc(N(c4ccc(-c5ccccc5)cc4)c4cccc(-n5c6ccccc6c6ccccc65)c4)ccc32)c1. The molecule has 3 heteroatoms. The van der Waals surface area contributed by atoms with Crippen molar-refractivity contribution in [2.75, 3.05) is 4.90 Å². The molecular weight excluding hydrogens is 636 g/mol. The van der Waals surface area contributed by atoms with Crippen molar-refractivity contribution >= 4 is 76.3 Å². The molecule has 0 saturated heterocycles. The fraction of sp³-hybridized carbons (Fsp3) is 0. The Morgan fingerprint density at radius 2 is 0.957 bits per heavy atom. The summed E-state index contributed by atoms with van der Waals surface area (Å²) < 4.78 is 3.48. The summed E-state index contributed by atoms with van der Waals surface area (Å²) in [5.74, 6) is 0. The Kier molecular flexibility index (Phi) is 6.65. The Morgan fingerprint density at radius 1 is 0.383 bits per heavy atom. The number of benzene rings is 8. The fourth-order valence-electron chi connectivity index (χ4n) is 7.02. The summed E-state index contributed by atoms with van der Waals surface area (Å²) >= 11 is 3.64. The Labute approximate surface area is 281 Å². The molecule has 0 saturated carbocycles. The van der Waals surface area contributed by atoms with Crippen LogP contribution in [0.5, 0.6) is 0 Å². The van der Waals surface area contributed by atoms with Gasteiger partial charge >= 0.3 is 0 Å². The van der Waals surface area contributed by atoms with Gasteiger partial charge in [0.15, 0.2) is 0 Å². The van der Waals surface area contributed by atoms with Crippen LogP contribution < -0.4 is 4.90 Å². The van der Waals surface area contributed by atoms with Crippen molar-refractivity contribution in [1.29, 1.82) is 0 Å². The predicted octanol–water partition coefficient (Wildman–Crippen LogP) is 13.0. The zero-order valence-corrected chi connectivity index (χ0v) is 27.1. The van der Waals surface area contributed by atoms with Gasteiger partial charge in [0.25, 0.3) is 0 Å². The van der Waals surface area contributed by atoms with E-state index in [4.69, 9.17) is 0 Å². The van der Waals surface area contributed by atoms with Gasteiger partial charge in [0.1, 0.15) is 0 Å². The molecule has 0 amide bonds. The summed E-state index contributed by atoms with van der Waals surface area (Å²) in [6, 6.07) is 63.5. The lowest BCUT2D eigenvalue weighted by atomic mass is 10.0. The molecule has 0 bridgehead atoms. The zero-order chi connectivity index (χ0) is 31.3. The maximum Gasteiger partial charge on any atom is 0.0541 e. The second-order valence-corrected chi connectivity index (χ2v) is 12.9. The molecule has 9 rings (SSSR count). The third kappa shape index (κ3) is 4.79. The molecule has 0 radical (unpaired) electrons. The molecule has 0 aliphatic heterocycles. The number of fused-ring (bicyclic) bond motifs is 6. The number of aromatic nitrogens is 1. The van der Waals surface area contributed by atoms with E-state index in [1.165, 1.54) is 54.5 Å². The first-order chi connectivity index (χ1) is 23.2. The van der Waals surface area contributed by atoms with Crippen LogP contribution in [-0.2, 0) is 0 Å². The minimum absolute atomic E-state index is 1.09. The van der Waals surface area contributed by atoms with E-state index < -0.39 is 0 Å². The van der Waals surface area contributed by atoms with Crippen LogP contribution in [0, 0.1) is 0 Å². The zero-order valence-electron chi connectivity index (χ0n) is 25.5. The summed E-state index contributed by atoms with van der Waals surface area (Å²) in [7, 11) is 0. The van der Waals surface area contributed by atoms with Crippen LogP contribution in [-0.4, -0.2) is 4.57 Å². The first-order valence-corrected chi connectivity index (χ1v) is 16.7. The van der Waals surface area contributed by atoms with Crippen molar-refractivity contribution < 1.29 is 0 Å². The van der Waals surface area contributed by atoms with Crippen molar-refractivity contribution in [2.45, 2.75) is 0 Å². The van der Waals surface area contributed by atoms with Gasteiger partial charge in [-0.3, -0.25) is 0 Å². The van der Waals surface area contributed by atoms with Crippen LogP contribution in [0.25, 0.3) is 60.2 Å². The Hall–Kier alpha value is -5.64. The van der Waals surface area contributed by atoms with Crippen molar-refractivity contribution in [2.24, 2.45) is 0 Å². The first kappa shape index (κ1) is 27.7. The van der Waals surface area contributed by atoms with Crippen molar-refractivity contribution in [3.63, 3.8) is 0 Å². The van der Waals surface area contributed by atoms with Gasteiger partial charge in [0, 0.05) is 38.0 Å². The van der Waals surface area contributed by atoms with E-state index in [-0.39, 0.29) is 0 Å². The lowest BCUT2D eigenvalue weighted by Crippen LogP contribution is -2.10. The van der Waals surface area contributed by atoms with Gasteiger partial charge in [-0.25, -0.2) is 0 Å². The van der Waals surface area contributed by atoms with Gasteiger partial charge in [0.2, 0.25) is 0 Å². The minimum Gasteiger partial charge on any atom is -0.310 e. The van der Waals surface area contributed by atoms with Gasteiger partial charge in [-0.15, -0.1) is 0 Å². The van der Waals surface area contributed by atoms with Crippen molar-refractivity contribution in [1.82, 2.24) is 4.57 Å². The molecule has 0 unspecified atom stereocenters. The number of hydrogen-bond donors (Lipinski definition) is 0. The largest absolute Gasteiger partial charge is 0.310 e. The van der Waals surface area contributed by atoms with Crippen LogP contribution in [0.4, 0.5) is 17.1 Å². The average Bonchev–Trinajstić information content (AvgIpc) is 3.47. The van der Waals surface area contributed by atoms with Crippen LogP contribution in [0.1, 0.15) is 0 Å². The molecule has 8 aromatic carbocycles. The van der Waals surface area contributed by atoms with E-state index in [1.54, 1.807) is 0 Å². The quantitative estimate of drug-likeness (QED) is 0.166. The second-order valence-electron chi connectivity index (χ2n) is 12.0. The lowest BCUT2D eigenvalue weighted by molar-refractivity contribution is 1.17. The Morgan fingerprint density at radius 3 is 1.68 bits per heavy atom. The van der Waals surface area contributed by atoms with Gasteiger partial charge in [0.05, 0.1) is 11.0 Å². The van der Waals surface area contributed by atoms with Crippen LogP contribution in [0.15, 0.2) is 180 Å². The Balaban J connectivity index is 1.23. The number of rotatable bonds is 5. The van der Waals surface area contributed by atoms with E-state index in [9.17, 15) is 0 Å². The highest BCUT2D eigenvalue weighted by molar-refractivity contribution is 9.10. The Bertz CT molecular complexity index is 2530. The summed E-state index contributed by atoms with van der Waals surface area (Å²) in [6.07, 6.45) is 0. The molecule has 9 aromatic rings. The molecule has 0 aliphatic rings. The van der Waals surface area contributed by atoms with Crippen molar-refractivity contribution in [3.8, 4) is 16.8 Å². The summed E-state index contributed by atoms with van der Waals surface area (Å²) in [5.41, 5.74) is 9.26. The van der Waals surface area contributed by atoms with E-state index in [0.29, 0.717) is 0 Å². The topological polar surface area (TPSA) is 8.17 Å². The van der Waals surface area contributed by atoms with Gasteiger partial charge in [-0.1, -0.05) is 125 Å². The van der Waals surface area contributed by atoms with Gasteiger partial charge in [-0.2, -0.15) is 0 Å². The predicted molar refractivity (Wildman–Crippen MR) is 204 cm³/mol. The molecule has 0 N–H and O–H groups in total. The van der Waals surface area contributed by atoms with Gasteiger partial charge in [-0.05, 0) is 99.4 Å².